The summed E-state index contributed by atoms with van der Waals surface area (Å²) >= 11 is 5.58. The van der Waals surface area contributed by atoms with Gasteiger partial charge < -0.3 is 10.5 Å². The van der Waals surface area contributed by atoms with Gasteiger partial charge in [0, 0.05) is 17.1 Å². The van der Waals surface area contributed by atoms with Gasteiger partial charge in [0.1, 0.15) is 12.4 Å². The maximum absolute atomic E-state index is 6.01. The van der Waals surface area contributed by atoms with E-state index < -0.39 is 0 Å². The predicted octanol–water partition coefficient (Wildman–Crippen LogP) is 3.62. The minimum atomic E-state index is 0.0245. The minimum absolute atomic E-state index is 0.0245. The van der Waals surface area contributed by atoms with Crippen LogP contribution in [-0.2, 0) is 0 Å². The van der Waals surface area contributed by atoms with Crippen LogP contribution in [0.15, 0.2) is 35.4 Å². The lowest BCUT2D eigenvalue weighted by molar-refractivity contribution is 0.345. The van der Waals surface area contributed by atoms with E-state index in [9.17, 15) is 0 Å². The van der Waals surface area contributed by atoms with E-state index in [4.69, 9.17) is 22.1 Å². The molecule has 0 radical (unpaired) electrons. The molecule has 0 heterocycles. The second-order valence-corrected chi connectivity index (χ2v) is 4.01. The van der Waals surface area contributed by atoms with E-state index in [1.807, 2.05) is 31.2 Å². The standard InChI is InChI=1S/C13H18ClNO/c1-3-12(15)11-6-4-5-7-13(11)16-9-10(2)8-14/h4-8,12H,3,9,15H2,1-2H3/b10-8+/t12-/m0/s1. The molecule has 0 aromatic heterocycles. The van der Waals surface area contributed by atoms with E-state index in [1.54, 1.807) is 0 Å². The fourth-order valence-electron chi connectivity index (χ4n) is 1.36. The van der Waals surface area contributed by atoms with Crippen molar-refractivity contribution in [1.82, 2.24) is 0 Å². The molecule has 16 heavy (non-hydrogen) atoms. The average molecular weight is 240 g/mol. The number of para-hydroxylation sites is 1. The quantitative estimate of drug-likeness (QED) is 0.852. The molecular weight excluding hydrogens is 222 g/mol. The van der Waals surface area contributed by atoms with Crippen molar-refractivity contribution in [2.24, 2.45) is 5.73 Å². The third-order valence-corrected chi connectivity index (χ3v) is 2.77. The number of hydrogen-bond donors (Lipinski definition) is 1. The number of benzene rings is 1. The Balaban J connectivity index is 2.79. The lowest BCUT2D eigenvalue weighted by atomic mass is 10.0. The number of ether oxygens (including phenoxy) is 1. The second kappa shape index (κ2) is 6.56. The van der Waals surface area contributed by atoms with Crippen molar-refractivity contribution in [3.05, 3.63) is 40.9 Å². The van der Waals surface area contributed by atoms with Crippen molar-refractivity contribution < 1.29 is 4.74 Å². The first kappa shape index (κ1) is 13.1. The fraction of sp³-hybridized carbons (Fsp3) is 0.385. The molecule has 0 amide bonds. The summed E-state index contributed by atoms with van der Waals surface area (Å²) in [6, 6.07) is 7.88. The summed E-state index contributed by atoms with van der Waals surface area (Å²) in [5.41, 5.74) is 9.58. The maximum atomic E-state index is 6.01. The van der Waals surface area contributed by atoms with Crippen molar-refractivity contribution in [3.63, 3.8) is 0 Å². The highest BCUT2D eigenvalue weighted by molar-refractivity contribution is 6.25. The zero-order chi connectivity index (χ0) is 12.0. The van der Waals surface area contributed by atoms with Gasteiger partial charge in [-0.2, -0.15) is 0 Å². The highest BCUT2D eigenvalue weighted by atomic mass is 35.5. The van der Waals surface area contributed by atoms with Crippen molar-refractivity contribution in [1.29, 1.82) is 0 Å². The molecule has 3 heteroatoms. The smallest absolute Gasteiger partial charge is 0.124 e. The molecule has 0 aliphatic carbocycles. The predicted molar refractivity (Wildman–Crippen MR) is 68.8 cm³/mol. The van der Waals surface area contributed by atoms with Crippen LogP contribution in [0.2, 0.25) is 0 Å². The van der Waals surface area contributed by atoms with Gasteiger partial charge in [0.25, 0.3) is 0 Å². The summed E-state index contributed by atoms with van der Waals surface area (Å²) in [5, 5.41) is 0. The first-order valence-electron chi connectivity index (χ1n) is 5.42. The Kier molecular flexibility index (Phi) is 5.36. The van der Waals surface area contributed by atoms with Crippen LogP contribution in [0.4, 0.5) is 0 Å². The van der Waals surface area contributed by atoms with Gasteiger partial charge in [0.2, 0.25) is 0 Å². The van der Waals surface area contributed by atoms with Gasteiger partial charge in [0.05, 0.1) is 0 Å². The Hall–Kier alpha value is -0.990. The Labute approximate surface area is 102 Å². The van der Waals surface area contributed by atoms with E-state index in [-0.39, 0.29) is 6.04 Å². The molecule has 2 nitrogen and oxygen atoms in total. The minimum Gasteiger partial charge on any atom is -0.489 e. The van der Waals surface area contributed by atoms with Crippen molar-refractivity contribution in [2.45, 2.75) is 26.3 Å². The topological polar surface area (TPSA) is 35.2 Å². The molecule has 0 unspecified atom stereocenters. The van der Waals surface area contributed by atoms with E-state index in [0.29, 0.717) is 6.61 Å². The van der Waals surface area contributed by atoms with Crippen LogP contribution >= 0.6 is 11.6 Å². The third kappa shape index (κ3) is 3.54. The molecule has 0 fully saturated rings. The van der Waals surface area contributed by atoms with Gasteiger partial charge in [-0.25, -0.2) is 0 Å². The van der Waals surface area contributed by atoms with Crippen molar-refractivity contribution in [2.75, 3.05) is 6.61 Å². The Bertz CT molecular complexity index is 363. The fourth-order valence-corrected chi connectivity index (χ4v) is 1.42. The van der Waals surface area contributed by atoms with Crippen LogP contribution in [-0.4, -0.2) is 6.61 Å². The monoisotopic (exact) mass is 239 g/mol. The zero-order valence-corrected chi connectivity index (χ0v) is 10.5. The number of halogens is 1. The van der Waals surface area contributed by atoms with Crippen LogP contribution in [0.3, 0.4) is 0 Å². The Morgan fingerprint density at radius 1 is 1.50 bits per heavy atom. The molecule has 0 spiro atoms. The number of rotatable bonds is 5. The van der Waals surface area contributed by atoms with E-state index >= 15 is 0 Å². The largest absolute Gasteiger partial charge is 0.489 e. The van der Waals surface area contributed by atoms with E-state index in [2.05, 4.69) is 6.92 Å². The van der Waals surface area contributed by atoms with Crippen molar-refractivity contribution in [3.8, 4) is 5.75 Å². The molecule has 0 aliphatic rings. The van der Waals surface area contributed by atoms with Gasteiger partial charge in [-0.1, -0.05) is 36.7 Å². The van der Waals surface area contributed by atoms with Crippen LogP contribution in [0.25, 0.3) is 0 Å². The van der Waals surface area contributed by atoms with Gasteiger partial charge >= 0.3 is 0 Å². The number of hydrogen-bond acceptors (Lipinski definition) is 2. The first-order valence-corrected chi connectivity index (χ1v) is 5.85. The summed E-state index contributed by atoms with van der Waals surface area (Å²) in [6.45, 7) is 4.48. The lowest BCUT2D eigenvalue weighted by Gasteiger charge is -2.15. The molecule has 1 aromatic rings. The van der Waals surface area contributed by atoms with Crippen molar-refractivity contribution >= 4 is 11.6 Å². The van der Waals surface area contributed by atoms with Crippen LogP contribution in [0, 0.1) is 0 Å². The van der Waals surface area contributed by atoms with Gasteiger partial charge in [0.15, 0.2) is 0 Å². The molecule has 0 saturated heterocycles. The summed E-state index contributed by atoms with van der Waals surface area (Å²) in [4.78, 5) is 0. The highest BCUT2D eigenvalue weighted by Crippen LogP contribution is 2.25. The second-order valence-electron chi connectivity index (χ2n) is 3.80. The van der Waals surface area contributed by atoms with Gasteiger partial charge in [-0.15, -0.1) is 0 Å². The molecule has 88 valence electrons. The number of nitrogens with two attached hydrogens (primary N) is 1. The average Bonchev–Trinajstić information content (AvgIpc) is 2.35. The molecule has 1 rings (SSSR count). The normalized spacial score (nSPS) is 13.6. The summed E-state index contributed by atoms with van der Waals surface area (Å²) < 4.78 is 5.68. The van der Waals surface area contributed by atoms with Gasteiger partial charge in [-0.05, 0) is 25.0 Å². The van der Waals surface area contributed by atoms with Crippen LogP contribution in [0.5, 0.6) is 5.75 Å². The van der Waals surface area contributed by atoms with Crippen LogP contribution in [0.1, 0.15) is 31.9 Å². The van der Waals surface area contributed by atoms with Gasteiger partial charge in [-0.3, -0.25) is 0 Å². The van der Waals surface area contributed by atoms with Crippen LogP contribution < -0.4 is 10.5 Å². The zero-order valence-electron chi connectivity index (χ0n) is 9.74. The van der Waals surface area contributed by atoms with E-state index in [0.717, 1.165) is 23.3 Å². The van der Waals surface area contributed by atoms with E-state index in [1.165, 1.54) is 5.54 Å². The lowest BCUT2D eigenvalue weighted by Crippen LogP contribution is -2.11. The molecule has 0 aliphatic heterocycles. The molecule has 0 saturated carbocycles. The molecule has 1 atom stereocenters. The summed E-state index contributed by atoms with van der Waals surface area (Å²) in [6.07, 6.45) is 0.894. The molecule has 1 aromatic carbocycles. The Morgan fingerprint density at radius 2 is 2.19 bits per heavy atom. The summed E-state index contributed by atoms with van der Waals surface area (Å²) in [5.74, 6) is 0.842. The molecule has 2 N–H and O–H groups in total. The molecular formula is C13H18ClNO. The molecule has 0 bridgehead atoms. The Morgan fingerprint density at radius 3 is 2.81 bits per heavy atom. The summed E-state index contributed by atoms with van der Waals surface area (Å²) in [7, 11) is 0. The maximum Gasteiger partial charge on any atom is 0.124 e. The third-order valence-electron chi connectivity index (χ3n) is 2.40. The highest BCUT2D eigenvalue weighted by Gasteiger charge is 2.09. The SMILES string of the molecule is CC[C@H](N)c1ccccc1OC/C(C)=C/Cl. The first-order chi connectivity index (χ1) is 7.69.